The second kappa shape index (κ2) is 6.76. The van der Waals surface area contributed by atoms with Crippen molar-refractivity contribution >= 4 is 5.97 Å². The quantitative estimate of drug-likeness (QED) is 0.479. The molecule has 4 rings (SSSR count). The van der Waals surface area contributed by atoms with Gasteiger partial charge in [-0.3, -0.25) is 0 Å². The first-order valence-electron chi connectivity index (χ1n) is 8.28. The Kier molecular flexibility index (Phi) is 4.15. The lowest BCUT2D eigenvalue weighted by atomic mass is 10.1. The summed E-state index contributed by atoms with van der Waals surface area (Å²) in [7, 11) is 1.39. The topological polar surface area (TPSA) is 44.4 Å². The molecule has 0 radical (unpaired) electrons. The number of nitrogens with zero attached hydrogens (tertiary/aromatic N) is 1. The number of hydrogen-bond donors (Lipinski definition) is 0. The first-order valence-corrected chi connectivity index (χ1v) is 8.28. The summed E-state index contributed by atoms with van der Waals surface area (Å²) in [5.74, 6) is 0.299. The Morgan fingerprint density at radius 3 is 2.23 bits per heavy atom. The van der Waals surface area contributed by atoms with Crippen LogP contribution in [0, 0.1) is 0 Å². The lowest BCUT2D eigenvalue weighted by molar-refractivity contribution is 0.0602. The van der Waals surface area contributed by atoms with Crippen LogP contribution in [0.1, 0.15) is 10.4 Å². The summed E-state index contributed by atoms with van der Waals surface area (Å²) in [6.07, 6.45) is 1.62. The summed E-state index contributed by atoms with van der Waals surface area (Å²) in [6.45, 7) is 0. The Labute approximate surface area is 151 Å². The Morgan fingerprint density at radius 1 is 0.923 bits per heavy atom. The van der Waals surface area contributed by atoms with Crippen LogP contribution in [-0.4, -0.2) is 17.6 Å². The van der Waals surface area contributed by atoms with Crippen molar-refractivity contribution in [3.8, 4) is 28.4 Å². The molecule has 0 saturated heterocycles. The number of furan rings is 1. The summed E-state index contributed by atoms with van der Waals surface area (Å²) in [5.41, 5.74) is 3.92. The summed E-state index contributed by atoms with van der Waals surface area (Å²) in [5, 5.41) is 0. The average Bonchev–Trinajstić information content (AvgIpc) is 3.36. The van der Waals surface area contributed by atoms with Crippen molar-refractivity contribution in [3.63, 3.8) is 0 Å². The van der Waals surface area contributed by atoms with Crippen molar-refractivity contribution in [1.82, 2.24) is 4.57 Å². The molecule has 4 nitrogen and oxygen atoms in total. The third-order valence-electron chi connectivity index (χ3n) is 4.24. The molecule has 0 spiro atoms. The van der Waals surface area contributed by atoms with Crippen molar-refractivity contribution in [2.45, 2.75) is 0 Å². The number of methoxy groups -OCH3 is 1. The van der Waals surface area contributed by atoms with Gasteiger partial charge >= 0.3 is 5.97 Å². The fourth-order valence-corrected chi connectivity index (χ4v) is 3.11. The third-order valence-corrected chi connectivity index (χ3v) is 4.24. The zero-order chi connectivity index (χ0) is 17.9. The molecule has 0 atom stereocenters. The van der Waals surface area contributed by atoms with Crippen LogP contribution in [0.3, 0.4) is 0 Å². The van der Waals surface area contributed by atoms with E-state index in [1.54, 1.807) is 6.26 Å². The van der Waals surface area contributed by atoms with Crippen LogP contribution in [0.4, 0.5) is 0 Å². The summed E-state index contributed by atoms with van der Waals surface area (Å²) >= 11 is 0. The molecule has 0 amide bonds. The van der Waals surface area contributed by atoms with Crippen LogP contribution < -0.4 is 0 Å². The number of hydrogen-bond acceptors (Lipinski definition) is 3. The Morgan fingerprint density at radius 2 is 1.62 bits per heavy atom. The van der Waals surface area contributed by atoms with Gasteiger partial charge in [-0.15, -0.1) is 0 Å². The van der Waals surface area contributed by atoms with Crippen LogP contribution in [0.15, 0.2) is 89.5 Å². The largest absolute Gasteiger partial charge is 0.465 e. The van der Waals surface area contributed by atoms with Crippen LogP contribution in [0.25, 0.3) is 28.4 Å². The van der Waals surface area contributed by atoms with E-state index in [1.165, 1.54) is 7.11 Å². The third kappa shape index (κ3) is 2.71. The van der Waals surface area contributed by atoms with Crippen LogP contribution in [-0.2, 0) is 4.74 Å². The van der Waals surface area contributed by atoms with Gasteiger partial charge in [0.2, 0.25) is 0 Å². The fraction of sp³-hybridized carbons (Fsp3) is 0.0455. The first kappa shape index (κ1) is 16.0. The Balaban J connectivity index is 2.08. The Hall–Kier alpha value is -3.53. The summed E-state index contributed by atoms with van der Waals surface area (Å²) in [6, 6.07) is 25.2. The number of aromatic nitrogens is 1. The van der Waals surface area contributed by atoms with Gasteiger partial charge in [0.1, 0.15) is 0 Å². The smallest absolute Gasteiger partial charge is 0.340 e. The van der Waals surface area contributed by atoms with E-state index in [2.05, 4.69) is 0 Å². The molecule has 128 valence electrons. The van der Waals surface area contributed by atoms with Gasteiger partial charge in [-0.2, -0.15) is 0 Å². The number of ether oxygens (including phenoxy) is 1. The van der Waals surface area contributed by atoms with E-state index in [0.29, 0.717) is 11.3 Å². The van der Waals surface area contributed by atoms with Crippen molar-refractivity contribution in [1.29, 1.82) is 0 Å². The number of carbonyl (C=O) groups is 1. The Bertz CT molecular complexity index is 1020. The molecule has 2 aromatic carbocycles. The summed E-state index contributed by atoms with van der Waals surface area (Å²) < 4.78 is 12.7. The molecule has 2 aromatic heterocycles. The number of rotatable bonds is 4. The molecule has 26 heavy (non-hydrogen) atoms. The van der Waals surface area contributed by atoms with Gasteiger partial charge < -0.3 is 13.7 Å². The van der Waals surface area contributed by atoms with Crippen molar-refractivity contribution in [2.75, 3.05) is 7.11 Å². The average molecular weight is 343 g/mol. The van der Waals surface area contributed by atoms with E-state index in [4.69, 9.17) is 9.15 Å². The summed E-state index contributed by atoms with van der Waals surface area (Å²) in [4.78, 5) is 12.5. The standard InChI is InChI=1S/C22H17NO3/c1-25-22(24)18-15-19(20-13-8-14-26-20)23(17-11-6-3-7-12-17)21(18)16-9-4-2-5-10-16/h2-15H,1H3. The van der Waals surface area contributed by atoms with Crippen LogP contribution in [0.2, 0.25) is 0 Å². The van der Waals surface area contributed by atoms with Gasteiger partial charge in [-0.25, -0.2) is 4.79 Å². The van der Waals surface area contributed by atoms with Crippen LogP contribution >= 0.6 is 0 Å². The maximum absolute atomic E-state index is 12.5. The molecular formula is C22H17NO3. The molecule has 0 N–H and O–H groups in total. The zero-order valence-electron chi connectivity index (χ0n) is 14.3. The molecule has 4 aromatic rings. The molecule has 0 bridgehead atoms. The number of carbonyl (C=O) groups excluding carboxylic acids is 1. The van der Waals surface area contributed by atoms with E-state index in [9.17, 15) is 4.79 Å². The van der Waals surface area contributed by atoms with Crippen LogP contribution in [0.5, 0.6) is 0 Å². The van der Waals surface area contributed by atoms with E-state index in [1.807, 2.05) is 83.4 Å². The highest BCUT2D eigenvalue weighted by Gasteiger charge is 2.24. The lowest BCUT2D eigenvalue weighted by Gasteiger charge is -2.14. The highest BCUT2D eigenvalue weighted by atomic mass is 16.5. The minimum absolute atomic E-state index is 0.383. The van der Waals surface area contributed by atoms with E-state index in [-0.39, 0.29) is 5.97 Å². The van der Waals surface area contributed by atoms with Crippen molar-refractivity contribution in [2.24, 2.45) is 0 Å². The zero-order valence-corrected chi connectivity index (χ0v) is 14.3. The molecule has 2 heterocycles. The maximum Gasteiger partial charge on any atom is 0.340 e. The normalized spacial score (nSPS) is 10.7. The van der Waals surface area contributed by atoms with Gasteiger partial charge in [0.05, 0.1) is 30.3 Å². The van der Waals surface area contributed by atoms with Gasteiger partial charge in [-0.1, -0.05) is 48.5 Å². The van der Waals surface area contributed by atoms with Crippen molar-refractivity contribution in [3.05, 3.63) is 90.7 Å². The molecule has 0 unspecified atom stereocenters. The highest BCUT2D eigenvalue weighted by molar-refractivity contribution is 5.99. The number of benzene rings is 2. The number of esters is 1. The van der Waals surface area contributed by atoms with E-state index in [0.717, 1.165) is 22.6 Å². The second-order valence-corrected chi connectivity index (χ2v) is 5.80. The highest BCUT2D eigenvalue weighted by Crippen LogP contribution is 2.36. The minimum atomic E-state index is -0.383. The van der Waals surface area contributed by atoms with Gasteiger partial charge in [0.15, 0.2) is 5.76 Å². The molecule has 0 aliphatic heterocycles. The predicted octanol–water partition coefficient (Wildman–Crippen LogP) is 5.19. The molecule has 0 aliphatic carbocycles. The maximum atomic E-state index is 12.5. The molecule has 0 aliphatic rings. The van der Waals surface area contributed by atoms with Gasteiger partial charge in [0, 0.05) is 5.69 Å². The van der Waals surface area contributed by atoms with Gasteiger partial charge in [0.25, 0.3) is 0 Å². The molecule has 0 saturated carbocycles. The molecule has 0 fully saturated rings. The van der Waals surface area contributed by atoms with Gasteiger partial charge in [-0.05, 0) is 35.9 Å². The fourth-order valence-electron chi connectivity index (χ4n) is 3.11. The number of para-hydroxylation sites is 1. The minimum Gasteiger partial charge on any atom is -0.465 e. The van der Waals surface area contributed by atoms with Crippen molar-refractivity contribution < 1.29 is 13.9 Å². The first-order chi connectivity index (χ1) is 12.8. The molecular weight excluding hydrogens is 326 g/mol. The monoisotopic (exact) mass is 343 g/mol. The molecule has 4 heteroatoms. The van der Waals surface area contributed by atoms with E-state index < -0.39 is 0 Å². The predicted molar refractivity (Wildman–Crippen MR) is 100 cm³/mol. The van der Waals surface area contributed by atoms with E-state index >= 15 is 0 Å². The SMILES string of the molecule is COC(=O)c1cc(-c2ccco2)n(-c2ccccc2)c1-c1ccccc1. The lowest BCUT2D eigenvalue weighted by Crippen LogP contribution is -2.04. The second-order valence-electron chi connectivity index (χ2n) is 5.80.